The van der Waals surface area contributed by atoms with Gasteiger partial charge >= 0.3 is 0 Å². The van der Waals surface area contributed by atoms with Crippen molar-refractivity contribution in [2.45, 2.75) is 13.3 Å². The maximum absolute atomic E-state index is 14.7. The molecule has 3 aromatic carbocycles. The molecule has 0 unspecified atom stereocenters. The number of rotatable bonds is 7. The molecule has 0 saturated heterocycles. The number of anilines is 1. The van der Waals surface area contributed by atoms with Gasteiger partial charge in [0.1, 0.15) is 5.82 Å². The lowest BCUT2D eigenvalue weighted by atomic mass is 10.0. The number of carbonyl (C=O) groups excluding carboxylic acids is 1. The Balaban J connectivity index is 1.73. The first-order chi connectivity index (χ1) is 16.2. The molecule has 10 heteroatoms. The van der Waals surface area contributed by atoms with Crippen molar-refractivity contribution in [1.82, 2.24) is 9.97 Å². The number of ketones is 1. The van der Waals surface area contributed by atoms with E-state index in [0.717, 1.165) is 11.6 Å². The molecular weight excluding hydrogens is 500 g/mol. The smallest absolute Gasteiger partial charge is 0.232 e. The van der Waals surface area contributed by atoms with E-state index < -0.39 is 27.2 Å². The SMILES string of the molecule is CCCS(=O)(=O)Nc1ccc(F)c(C(=O)c2ccc3ncc(-c4ccc(Cl)cc4)nc3c2)c1Cl. The summed E-state index contributed by atoms with van der Waals surface area (Å²) in [7, 11) is -3.68. The van der Waals surface area contributed by atoms with Gasteiger partial charge in [0, 0.05) is 16.1 Å². The lowest BCUT2D eigenvalue weighted by Gasteiger charge is -2.13. The first kappa shape index (κ1) is 24.1. The third kappa shape index (κ3) is 5.04. The number of halogens is 3. The Kier molecular flexibility index (Phi) is 6.84. The molecule has 34 heavy (non-hydrogen) atoms. The molecule has 0 bridgehead atoms. The van der Waals surface area contributed by atoms with Crippen LogP contribution in [0.4, 0.5) is 10.1 Å². The summed E-state index contributed by atoms with van der Waals surface area (Å²) in [6, 6.07) is 13.8. The van der Waals surface area contributed by atoms with Gasteiger partial charge in [-0.1, -0.05) is 42.3 Å². The lowest BCUT2D eigenvalue weighted by molar-refractivity contribution is 0.103. The zero-order chi connectivity index (χ0) is 24.5. The van der Waals surface area contributed by atoms with E-state index in [4.69, 9.17) is 23.2 Å². The minimum atomic E-state index is -3.68. The largest absolute Gasteiger partial charge is 0.288 e. The molecule has 0 saturated carbocycles. The van der Waals surface area contributed by atoms with Gasteiger partial charge in [-0.15, -0.1) is 0 Å². The number of benzene rings is 3. The van der Waals surface area contributed by atoms with Crippen molar-refractivity contribution in [3.05, 3.63) is 87.8 Å². The van der Waals surface area contributed by atoms with Crippen LogP contribution in [-0.4, -0.2) is 29.9 Å². The Labute approximate surface area is 205 Å². The molecule has 4 aromatic rings. The molecule has 1 aromatic heterocycles. The molecule has 6 nitrogen and oxygen atoms in total. The van der Waals surface area contributed by atoms with Gasteiger partial charge in [0.15, 0.2) is 5.78 Å². The average Bonchev–Trinajstić information content (AvgIpc) is 2.80. The third-order valence-corrected chi connectivity index (χ3v) is 7.12. The molecule has 1 N–H and O–H groups in total. The van der Waals surface area contributed by atoms with Gasteiger partial charge in [0.05, 0.1) is 45.0 Å². The van der Waals surface area contributed by atoms with Gasteiger partial charge in [-0.05, 0) is 48.9 Å². The molecule has 174 valence electrons. The van der Waals surface area contributed by atoms with Gasteiger partial charge in [0.2, 0.25) is 10.0 Å². The topological polar surface area (TPSA) is 89.0 Å². The zero-order valence-corrected chi connectivity index (χ0v) is 20.2. The van der Waals surface area contributed by atoms with E-state index in [0.29, 0.717) is 28.2 Å². The fourth-order valence-electron chi connectivity index (χ4n) is 3.38. The van der Waals surface area contributed by atoms with Crippen molar-refractivity contribution in [2.24, 2.45) is 0 Å². The van der Waals surface area contributed by atoms with E-state index in [1.807, 2.05) is 0 Å². The van der Waals surface area contributed by atoms with E-state index in [-0.39, 0.29) is 22.0 Å². The van der Waals surface area contributed by atoms with E-state index >= 15 is 0 Å². The van der Waals surface area contributed by atoms with Gasteiger partial charge in [-0.3, -0.25) is 14.5 Å². The quantitative estimate of drug-likeness (QED) is 0.298. The Morgan fingerprint density at radius 2 is 1.76 bits per heavy atom. The molecule has 0 radical (unpaired) electrons. The van der Waals surface area contributed by atoms with Crippen LogP contribution in [0.25, 0.3) is 22.3 Å². The maximum atomic E-state index is 14.7. The van der Waals surface area contributed by atoms with Gasteiger partial charge < -0.3 is 0 Å². The van der Waals surface area contributed by atoms with Crippen LogP contribution in [0.3, 0.4) is 0 Å². The molecular formula is C24H18Cl2FN3O3S. The van der Waals surface area contributed by atoms with E-state index in [1.165, 1.54) is 18.2 Å². The Morgan fingerprint density at radius 3 is 2.47 bits per heavy atom. The fourth-order valence-corrected chi connectivity index (χ4v) is 5.00. The van der Waals surface area contributed by atoms with E-state index in [9.17, 15) is 17.6 Å². The van der Waals surface area contributed by atoms with Crippen molar-refractivity contribution in [3.63, 3.8) is 0 Å². The predicted molar refractivity (Wildman–Crippen MR) is 133 cm³/mol. The summed E-state index contributed by atoms with van der Waals surface area (Å²) in [5.74, 6) is -1.71. The molecule has 0 fully saturated rings. The van der Waals surface area contributed by atoms with Crippen LogP contribution in [0, 0.1) is 5.82 Å². The Hall–Kier alpha value is -3.07. The van der Waals surface area contributed by atoms with Crippen molar-refractivity contribution in [1.29, 1.82) is 0 Å². The standard InChI is InChI=1S/C24H18Cl2FN3O3S/c1-2-11-34(32,33)30-19-10-8-17(27)22(23(19)26)24(31)15-5-9-18-20(12-15)29-21(13-28-18)14-3-6-16(25)7-4-14/h3-10,12-13,30H,2,11H2,1H3. The van der Waals surface area contributed by atoms with Crippen molar-refractivity contribution in [3.8, 4) is 11.3 Å². The summed E-state index contributed by atoms with van der Waals surface area (Å²) in [6.45, 7) is 1.71. The van der Waals surface area contributed by atoms with Crippen molar-refractivity contribution < 1.29 is 17.6 Å². The second kappa shape index (κ2) is 9.66. The molecule has 1 heterocycles. The van der Waals surface area contributed by atoms with Crippen LogP contribution >= 0.6 is 23.2 Å². The maximum Gasteiger partial charge on any atom is 0.232 e. The lowest BCUT2D eigenvalue weighted by Crippen LogP contribution is -2.17. The number of fused-ring (bicyclic) bond motifs is 1. The van der Waals surface area contributed by atoms with Crippen molar-refractivity contribution >= 4 is 55.7 Å². The Morgan fingerprint density at radius 1 is 1.03 bits per heavy atom. The molecule has 0 aliphatic heterocycles. The summed E-state index contributed by atoms with van der Waals surface area (Å²) in [4.78, 5) is 22.1. The van der Waals surface area contributed by atoms with Crippen LogP contribution in [0.2, 0.25) is 10.0 Å². The first-order valence-electron chi connectivity index (χ1n) is 10.2. The minimum Gasteiger partial charge on any atom is -0.288 e. The number of nitrogens with zero attached hydrogens (tertiary/aromatic N) is 2. The average molecular weight is 518 g/mol. The number of nitrogens with one attached hydrogen (secondary N) is 1. The summed E-state index contributed by atoms with van der Waals surface area (Å²) < 4.78 is 41.2. The van der Waals surface area contributed by atoms with E-state index in [1.54, 1.807) is 43.5 Å². The van der Waals surface area contributed by atoms with Gasteiger partial charge in [-0.25, -0.2) is 17.8 Å². The van der Waals surface area contributed by atoms with Crippen LogP contribution in [0.1, 0.15) is 29.3 Å². The molecule has 0 amide bonds. The summed E-state index contributed by atoms with van der Waals surface area (Å²) >= 11 is 12.2. The summed E-state index contributed by atoms with van der Waals surface area (Å²) in [6.07, 6.45) is 1.99. The molecule has 0 aliphatic rings. The highest BCUT2D eigenvalue weighted by Gasteiger charge is 2.23. The highest BCUT2D eigenvalue weighted by atomic mass is 35.5. The monoisotopic (exact) mass is 517 g/mol. The number of carbonyl (C=O) groups is 1. The second-order valence-corrected chi connectivity index (χ2v) is 10.2. The highest BCUT2D eigenvalue weighted by molar-refractivity contribution is 7.92. The summed E-state index contributed by atoms with van der Waals surface area (Å²) in [5, 5.41) is 0.272. The van der Waals surface area contributed by atoms with Crippen LogP contribution in [0.15, 0.2) is 60.8 Å². The minimum absolute atomic E-state index is 0.0644. The third-order valence-electron chi connectivity index (χ3n) is 5.00. The van der Waals surface area contributed by atoms with E-state index in [2.05, 4.69) is 14.7 Å². The van der Waals surface area contributed by atoms with Crippen LogP contribution in [-0.2, 0) is 10.0 Å². The highest BCUT2D eigenvalue weighted by Crippen LogP contribution is 2.31. The second-order valence-electron chi connectivity index (χ2n) is 7.50. The van der Waals surface area contributed by atoms with Crippen LogP contribution < -0.4 is 4.72 Å². The van der Waals surface area contributed by atoms with Crippen molar-refractivity contribution in [2.75, 3.05) is 10.5 Å². The summed E-state index contributed by atoms with van der Waals surface area (Å²) in [5.41, 5.74) is 1.97. The number of sulfonamides is 1. The van der Waals surface area contributed by atoms with Crippen LogP contribution in [0.5, 0.6) is 0 Å². The Bertz CT molecular complexity index is 1510. The zero-order valence-electron chi connectivity index (χ0n) is 17.8. The molecule has 0 atom stereocenters. The van der Waals surface area contributed by atoms with Gasteiger partial charge in [0.25, 0.3) is 0 Å². The fraction of sp³-hybridized carbons (Fsp3) is 0.125. The normalized spacial score (nSPS) is 11.5. The predicted octanol–water partition coefficient (Wildman–Crippen LogP) is 6.13. The number of aromatic nitrogens is 2. The van der Waals surface area contributed by atoms with Gasteiger partial charge in [-0.2, -0.15) is 0 Å². The molecule has 4 rings (SSSR count). The number of hydrogen-bond donors (Lipinski definition) is 1. The molecule has 0 aliphatic carbocycles. The molecule has 0 spiro atoms. The first-order valence-corrected chi connectivity index (χ1v) is 12.7. The number of hydrogen-bond acceptors (Lipinski definition) is 5.